The number of rotatable bonds is 6. The predicted octanol–water partition coefficient (Wildman–Crippen LogP) is 6.58. The summed E-state index contributed by atoms with van der Waals surface area (Å²) in [7, 11) is -4.25. The molecule has 4 aromatic rings. The number of sulfonamides is 1. The van der Waals surface area contributed by atoms with Crippen molar-refractivity contribution in [2.75, 3.05) is 4.31 Å². The number of nitrogens with zero attached hydrogens (tertiary/aromatic N) is 1. The molecule has 0 fully saturated rings. The van der Waals surface area contributed by atoms with Crippen LogP contribution in [0.3, 0.4) is 0 Å². The smallest absolute Gasteiger partial charge is 0.298 e. The monoisotopic (exact) mass is 507 g/mol. The van der Waals surface area contributed by atoms with E-state index in [2.05, 4.69) is 0 Å². The molecule has 3 aromatic carbocycles. The molecule has 0 spiro atoms. The fourth-order valence-electron chi connectivity index (χ4n) is 3.56. The number of anilines is 1. The highest BCUT2D eigenvalue weighted by molar-refractivity contribution is 7.93. The molecule has 176 valence electrons. The van der Waals surface area contributed by atoms with Crippen LogP contribution in [0.25, 0.3) is 10.1 Å². The Morgan fingerprint density at radius 3 is 2.29 bits per heavy atom. The van der Waals surface area contributed by atoms with Gasteiger partial charge in [-0.05, 0) is 53.8 Å². The first-order valence-corrected chi connectivity index (χ1v) is 12.2. The third-order valence-electron chi connectivity index (χ3n) is 5.31. The van der Waals surface area contributed by atoms with E-state index < -0.39 is 34.1 Å². The zero-order chi connectivity index (χ0) is 24.7. The van der Waals surface area contributed by atoms with Crippen molar-refractivity contribution in [2.45, 2.75) is 24.5 Å². The molecule has 0 aliphatic carbocycles. The molecule has 0 unspecified atom stereocenters. The zero-order valence-corrected chi connectivity index (χ0v) is 19.3. The maximum atomic E-state index is 13.8. The van der Waals surface area contributed by atoms with Gasteiger partial charge < -0.3 is 0 Å². The summed E-state index contributed by atoms with van der Waals surface area (Å²) in [6, 6.07) is 14.9. The van der Waals surface area contributed by atoms with E-state index in [4.69, 9.17) is 0 Å². The highest BCUT2D eigenvalue weighted by Crippen LogP contribution is 2.41. The van der Waals surface area contributed by atoms with E-state index in [-0.39, 0.29) is 16.0 Å². The fourth-order valence-corrected chi connectivity index (χ4v) is 6.50. The normalized spacial score (nSPS) is 12.1. The first-order valence-electron chi connectivity index (χ1n) is 9.94. The van der Waals surface area contributed by atoms with Crippen LogP contribution in [0, 0.1) is 12.7 Å². The van der Waals surface area contributed by atoms with Crippen LogP contribution in [0.2, 0.25) is 0 Å². The minimum absolute atomic E-state index is 0.0290. The summed E-state index contributed by atoms with van der Waals surface area (Å²) in [5.74, 6) is -1.44. The Balaban J connectivity index is 1.88. The second-order valence-electron chi connectivity index (χ2n) is 7.54. The molecule has 0 aliphatic heterocycles. The van der Waals surface area contributed by atoms with Crippen LogP contribution in [0.1, 0.15) is 27.0 Å². The van der Waals surface area contributed by atoms with Crippen molar-refractivity contribution < 1.29 is 30.8 Å². The number of thiophene rings is 1. The minimum atomic E-state index is -4.93. The largest absolute Gasteiger partial charge is 0.419 e. The number of fused-ring (bicyclic) bond motifs is 1. The molecule has 0 atom stereocenters. The van der Waals surface area contributed by atoms with Crippen molar-refractivity contribution in [3.63, 3.8) is 0 Å². The lowest BCUT2D eigenvalue weighted by molar-refractivity contribution is -0.140. The average molecular weight is 508 g/mol. The number of hydrogen-bond donors (Lipinski definition) is 0. The van der Waals surface area contributed by atoms with Gasteiger partial charge in [-0.1, -0.05) is 36.4 Å². The van der Waals surface area contributed by atoms with Crippen LogP contribution in [0.4, 0.5) is 22.6 Å². The van der Waals surface area contributed by atoms with E-state index in [1.54, 1.807) is 19.1 Å². The summed E-state index contributed by atoms with van der Waals surface area (Å²) in [4.78, 5) is 10.8. The molecule has 34 heavy (non-hydrogen) atoms. The molecule has 1 aromatic heterocycles. The SMILES string of the molecule is Cc1c(N(Cc2ccc(F)c(C(F)(F)F)c2)S(=O)(=O)c2ccc(C=O)cc2)sc2ccccc12. The molecule has 4 nitrogen and oxygen atoms in total. The van der Waals surface area contributed by atoms with Gasteiger partial charge in [0.2, 0.25) is 0 Å². The Hall–Kier alpha value is -3.24. The van der Waals surface area contributed by atoms with Crippen LogP contribution in [0.15, 0.2) is 71.6 Å². The summed E-state index contributed by atoms with van der Waals surface area (Å²) in [6.45, 7) is 1.28. The Labute approximate surface area is 197 Å². The lowest BCUT2D eigenvalue weighted by Gasteiger charge is -2.24. The maximum absolute atomic E-state index is 13.8. The topological polar surface area (TPSA) is 54.5 Å². The Bertz CT molecular complexity index is 1480. The number of hydrogen-bond acceptors (Lipinski definition) is 4. The Morgan fingerprint density at radius 1 is 1.00 bits per heavy atom. The molecule has 0 aliphatic rings. The summed E-state index contributed by atoms with van der Waals surface area (Å²) < 4.78 is 82.8. The number of carbonyl (C=O) groups excluding carboxylic acids is 1. The molecule has 0 radical (unpaired) electrons. The quantitative estimate of drug-likeness (QED) is 0.219. The number of aryl methyl sites for hydroxylation is 1. The Kier molecular flexibility index (Phi) is 6.22. The third-order valence-corrected chi connectivity index (χ3v) is 8.48. The molecule has 0 N–H and O–H groups in total. The van der Waals surface area contributed by atoms with E-state index in [0.717, 1.165) is 20.5 Å². The van der Waals surface area contributed by atoms with Gasteiger partial charge in [-0.2, -0.15) is 13.2 Å². The average Bonchev–Trinajstić information content (AvgIpc) is 3.13. The number of halogens is 4. The van der Waals surface area contributed by atoms with Gasteiger partial charge in [0.05, 0.1) is 17.0 Å². The summed E-state index contributed by atoms with van der Waals surface area (Å²) in [6.07, 6.45) is -4.36. The van der Waals surface area contributed by atoms with Gasteiger partial charge in [0.1, 0.15) is 17.1 Å². The van der Waals surface area contributed by atoms with Crippen molar-refractivity contribution >= 4 is 42.7 Å². The standard InChI is InChI=1S/C24H17F4NO3S2/c1-15-19-4-2-3-5-22(19)33-23(15)29(34(31,32)18-9-6-16(14-30)7-10-18)13-17-8-11-21(25)20(12-17)24(26,27)28/h2-12,14H,13H2,1H3. The molecule has 1 heterocycles. The predicted molar refractivity (Wildman–Crippen MR) is 123 cm³/mol. The van der Waals surface area contributed by atoms with Gasteiger partial charge in [-0.15, -0.1) is 11.3 Å². The van der Waals surface area contributed by atoms with Gasteiger partial charge >= 0.3 is 6.18 Å². The van der Waals surface area contributed by atoms with E-state index in [0.29, 0.717) is 29.0 Å². The summed E-state index contributed by atoms with van der Waals surface area (Å²) in [5.41, 5.74) is -0.576. The lowest BCUT2D eigenvalue weighted by Crippen LogP contribution is -2.30. The van der Waals surface area contributed by atoms with Gasteiger partial charge in [0.25, 0.3) is 10.0 Å². The van der Waals surface area contributed by atoms with Gasteiger partial charge in [-0.3, -0.25) is 9.10 Å². The second kappa shape index (κ2) is 8.84. The highest BCUT2D eigenvalue weighted by atomic mass is 32.2. The molecule has 0 bridgehead atoms. The summed E-state index contributed by atoms with van der Waals surface area (Å²) in [5, 5.41) is 1.15. The van der Waals surface area contributed by atoms with E-state index in [9.17, 15) is 30.8 Å². The molecule has 0 amide bonds. The molecule has 10 heteroatoms. The van der Waals surface area contributed by atoms with Crippen molar-refractivity contribution in [3.05, 3.63) is 94.8 Å². The number of carbonyl (C=O) groups is 1. The van der Waals surface area contributed by atoms with E-state index in [1.807, 2.05) is 12.1 Å². The molecular weight excluding hydrogens is 490 g/mol. The Morgan fingerprint density at radius 2 is 1.68 bits per heavy atom. The van der Waals surface area contributed by atoms with Crippen molar-refractivity contribution in [1.82, 2.24) is 0 Å². The first-order chi connectivity index (χ1) is 16.0. The van der Waals surface area contributed by atoms with Crippen LogP contribution >= 0.6 is 11.3 Å². The molecule has 4 rings (SSSR count). The molecular formula is C24H17F4NO3S2. The van der Waals surface area contributed by atoms with E-state index in [1.165, 1.54) is 35.6 Å². The molecule has 0 saturated heterocycles. The van der Waals surface area contributed by atoms with Crippen molar-refractivity contribution in [1.29, 1.82) is 0 Å². The maximum Gasteiger partial charge on any atom is 0.419 e. The number of alkyl halides is 3. The van der Waals surface area contributed by atoms with Gasteiger partial charge in [-0.25, -0.2) is 12.8 Å². The van der Waals surface area contributed by atoms with E-state index >= 15 is 0 Å². The molecule has 0 saturated carbocycles. The van der Waals surface area contributed by atoms with Crippen LogP contribution < -0.4 is 4.31 Å². The zero-order valence-electron chi connectivity index (χ0n) is 17.6. The van der Waals surface area contributed by atoms with Crippen LogP contribution in [0.5, 0.6) is 0 Å². The highest BCUT2D eigenvalue weighted by Gasteiger charge is 2.35. The number of aldehydes is 1. The lowest BCUT2D eigenvalue weighted by atomic mass is 10.1. The first kappa shape index (κ1) is 23.9. The van der Waals surface area contributed by atoms with Crippen molar-refractivity contribution in [3.8, 4) is 0 Å². The third kappa shape index (κ3) is 4.43. The van der Waals surface area contributed by atoms with Gasteiger partial charge in [0, 0.05) is 10.3 Å². The van der Waals surface area contributed by atoms with Crippen molar-refractivity contribution in [2.24, 2.45) is 0 Å². The number of benzene rings is 3. The minimum Gasteiger partial charge on any atom is -0.298 e. The van der Waals surface area contributed by atoms with Gasteiger partial charge in [0.15, 0.2) is 0 Å². The second-order valence-corrected chi connectivity index (χ2v) is 10.4. The van der Waals surface area contributed by atoms with Crippen LogP contribution in [-0.4, -0.2) is 14.7 Å². The fraction of sp³-hybridized carbons (Fsp3) is 0.125. The summed E-state index contributed by atoms with van der Waals surface area (Å²) >= 11 is 1.19. The van der Waals surface area contributed by atoms with Crippen LogP contribution in [-0.2, 0) is 22.7 Å².